The van der Waals surface area contributed by atoms with Crippen molar-refractivity contribution in [3.8, 4) is 23.0 Å². The summed E-state index contributed by atoms with van der Waals surface area (Å²) in [4.78, 5) is 11.9. The van der Waals surface area contributed by atoms with Gasteiger partial charge in [0.05, 0.1) is 7.11 Å². The van der Waals surface area contributed by atoms with E-state index in [-0.39, 0.29) is 11.5 Å². The van der Waals surface area contributed by atoms with Gasteiger partial charge < -0.3 is 19.7 Å². The number of carbonyl (C=O) groups is 1. The molecule has 0 saturated carbocycles. The highest BCUT2D eigenvalue weighted by Gasteiger charge is 2.09. The molecule has 0 atom stereocenters. The van der Waals surface area contributed by atoms with E-state index in [1.807, 2.05) is 6.07 Å². The number of ether oxygens (including phenoxy) is 2. The van der Waals surface area contributed by atoms with Gasteiger partial charge in [0.25, 0.3) is 0 Å². The lowest BCUT2D eigenvalue weighted by Gasteiger charge is -2.09. The number of carbonyl (C=O) groups excluding carboxylic acids is 1. The van der Waals surface area contributed by atoms with Crippen LogP contribution in [0, 0.1) is 0 Å². The summed E-state index contributed by atoms with van der Waals surface area (Å²) in [5, 5.41) is 18.7. The monoisotopic (exact) mass is 326 g/mol. The molecular weight excluding hydrogens is 308 g/mol. The van der Waals surface area contributed by atoms with Gasteiger partial charge in [-0.05, 0) is 47.9 Å². The van der Waals surface area contributed by atoms with Crippen LogP contribution in [-0.4, -0.2) is 23.3 Å². The summed E-state index contributed by atoms with van der Waals surface area (Å²) in [5.41, 5.74) is 1.55. The van der Waals surface area contributed by atoms with Crippen molar-refractivity contribution in [2.24, 2.45) is 0 Å². The number of methoxy groups -OCH3 is 1. The minimum Gasteiger partial charge on any atom is -0.504 e. The van der Waals surface area contributed by atoms with E-state index in [1.54, 1.807) is 24.3 Å². The molecule has 2 aromatic rings. The number of esters is 1. The van der Waals surface area contributed by atoms with Crippen molar-refractivity contribution < 1.29 is 24.5 Å². The van der Waals surface area contributed by atoms with Crippen LogP contribution in [0.5, 0.6) is 23.0 Å². The van der Waals surface area contributed by atoms with Crippen LogP contribution < -0.4 is 9.47 Å². The average Bonchev–Trinajstić information content (AvgIpc) is 2.57. The number of aromatic hydroxyl groups is 2. The molecule has 124 valence electrons. The minimum atomic E-state index is -0.586. The Morgan fingerprint density at radius 1 is 1.12 bits per heavy atom. The van der Waals surface area contributed by atoms with Gasteiger partial charge >= 0.3 is 5.97 Å². The molecule has 0 saturated heterocycles. The second-order valence-electron chi connectivity index (χ2n) is 4.98. The third-order valence-electron chi connectivity index (χ3n) is 3.23. The van der Waals surface area contributed by atoms with Crippen LogP contribution in [0.4, 0.5) is 0 Å². The van der Waals surface area contributed by atoms with Gasteiger partial charge in [-0.2, -0.15) is 0 Å². The molecule has 0 aromatic heterocycles. The zero-order valence-electron chi connectivity index (χ0n) is 13.2. The Kier molecular flexibility index (Phi) is 5.63. The fourth-order valence-electron chi connectivity index (χ4n) is 2.04. The van der Waals surface area contributed by atoms with Gasteiger partial charge in [-0.3, -0.25) is 0 Å². The molecule has 0 bridgehead atoms. The predicted molar refractivity (Wildman–Crippen MR) is 91.3 cm³/mol. The van der Waals surface area contributed by atoms with Gasteiger partial charge in [0.15, 0.2) is 23.0 Å². The first-order chi connectivity index (χ1) is 11.5. The molecular formula is C19H18O5. The molecule has 5 heteroatoms. The quantitative estimate of drug-likeness (QED) is 0.279. The fraction of sp³-hybridized carbons (Fsp3) is 0.105. The molecule has 5 nitrogen and oxygen atoms in total. The summed E-state index contributed by atoms with van der Waals surface area (Å²) in [6.45, 7) is 3.68. The molecule has 0 aliphatic heterocycles. The van der Waals surface area contributed by atoms with Crippen molar-refractivity contribution >= 4 is 12.0 Å². The second-order valence-corrected chi connectivity index (χ2v) is 4.98. The lowest BCUT2D eigenvalue weighted by Crippen LogP contribution is -2.05. The molecule has 24 heavy (non-hydrogen) atoms. The number of rotatable bonds is 6. The molecule has 2 aromatic carbocycles. The molecule has 0 radical (unpaired) electrons. The van der Waals surface area contributed by atoms with E-state index in [9.17, 15) is 15.0 Å². The molecule has 2 rings (SSSR count). The van der Waals surface area contributed by atoms with Crippen LogP contribution in [0.2, 0.25) is 0 Å². The summed E-state index contributed by atoms with van der Waals surface area (Å²) >= 11 is 0. The molecule has 0 spiro atoms. The van der Waals surface area contributed by atoms with Crippen molar-refractivity contribution in [1.82, 2.24) is 0 Å². The van der Waals surface area contributed by atoms with Crippen molar-refractivity contribution in [2.45, 2.75) is 6.42 Å². The summed E-state index contributed by atoms with van der Waals surface area (Å²) in [6, 6.07) is 9.51. The standard InChI is InChI=1S/C19H18O5/c1-3-4-13-6-9-17(18(12-13)23-2)24-19(22)10-7-14-5-8-15(20)16(21)11-14/h3,5-12,20-21H,1,4H2,2H3/b10-7+. The highest BCUT2D eigenvalue weighted by molar-refractivity contribution is 5.89. The van der Waals surface area contributed by atoms with Crippen molar-refractivity contribution in [1.29, 1.82) is 0 Å². The highest BCUT2D eigenvalue weighted by atomic mass is 16.6. The fourth-order valence-corrected chi connectivity index (χ4v) is 2.04. The van der Waals surface area contributed by atoms with Gasteiger partial charge in [-0.1, -0.05) is 18.2 Å². The number of benzene rings is 2. The maximum Gasteiger partial charge on any atom is 0.336 e. The van der Waals surface area contributed by atoms with Crippen molar-refractivity contribution in [2.75, 3.05) is 7.11 Å². The van der Waals surface area contributed by atoms with Crippen LogP contribution in [0.3, 0.4) is 0 Å². The van der Waals surface area contributed by atoms with E-state index in [1.165, 1.54) is 31.4 Å². The van der Waals surface area contributed by atoms with Crippen LogP contribution in [0.25, 0.3) is 6.08 Å². The Balaban J connectivity index is 2.10. The number of allylic oxidation sites excluding steroid dienone is 1. The molecule has 0 heterocycles. The van der Waals surface area contributed by atoms with Gasteiger partial charge in [0.1, 0.15) is 0 Å². The zero-order chi connectivity index (χ0) is 17.5. The highest BCUT2D eigenvalue weighted by Crippen LogP contribution is 2.29. The van der Waals surface area contributed by atoms with E-state index in [2.05, 4.69) is 6.58 Å². The second kappa shape index (κ2) is 7.87. The minimum absolute atomic E-state index is 0.223. The van der Waals surface area contributed by atoms with Gasteiger partial charge in [0, 0.05) is 6.08 Å². The topological polar surface area (TPSA) is 76.0 Å². The average molecular weight is 326 g/mol. The van der Waals surface area contributed by atoms with Gasteiger partial charge in [0.2, 0.25) is 0 Å². The van der Waals surface area contributed by atoms with Crippen molar-refractivity contribution in [3.05, 3.63) is 66.3 Å². The van der Waals surface area contributed by atoms with Crippen molar-refractivity contribution in [3.63, 3.8) is 0 Å². The van der Waals surface area contributed by atoms with E-state index in [0.717, 1.165) is 5.56 Å². The number of hydrogen-bond acceptors (Lipinski definition) is 5. The smallest absolute Gasteiger partial charge is 0.336 e. The third kappa shape index (κ3) is 4.39. The Morgan fingerprint density at radius 3 is 2.58 bits per heavy atom. The number of phenols is 2. The molecule has 0 aliphatic rings. The molecule has 0 amide bonds. The summed E-state index contributed by atoms with van der Waals surface area (Å²) in [7, 11) is 1.50. The first-order valence-corrected chi connectivity index (χ1v) is 7.23. The Hall–Kier alpha value is -3.21. The van der Waals surface area contributed by atoms with Gasteiger partial charge in [-0.25, -0.2) is 4.79 Å². The predicted octanol–water partition coefficient (Wildman–Crippen LogP) is 3.45. The Morgan fingerprint density at radius 2 is 1.92 bits per heavy atom. The summed E-state index contributed by atoms with van der Waals surface area (Å²) in [6.07, 6.45) is 5.16. The van der Waals surface area contributed by atoms with Crippen LogP contribution in [0.15, 0.2) is 55.1 Å². The lowest BCUT2D eigenvalue weighted by atomic mass is 10.1. The molecule has 0 aliphatic carbocycles. The van der Waals surface area contributed by atoms with E-state index >= 15 is 0 Å². The number of hydrogen-bond donors (Lipinski definition) is 2. The van der Waals surface area contributed by atoms with Crippen LogP contribution >= 0.6 is 0 Å². The molecule has 0 fully saturated rings. The maximum absolute atomic E-state index is 11.9. The first-order valence-electron chi connectivity index (χ1n) is 7.23. The summed E-state index contributed by atoms with van der Waals surface area (Å²) < 4.78 is 10.5. The third-order valence-corrected chi connectivity index (χ3v) is 3.23. The lowest BCUT2D eigenvalue weighted by molar-refractivity contribution is -0.129. The normalized spacial score (nSPS) is 10.5. The maximum atomic E-state index is 11.9. The SMILES string of the molecule is C=CCc1ccc(OC(=O)/C=C/c2ccc(O)c(O)c2)c(OC)c1. The zero-order valence-corrected chi connectivity index (χ0v) is 13.2. The van der Waals surface area contributed by atoms with Crippen LogP contribution in [0.1, 0.15) is 11.1 Å². The molecule has 2 N–H and O–H groups in total. The first kappa shape index (κ1) is 17.1. The summed E-state index contributed by atoms with van der Waals surface area (Å²) in [5.74, 6) is -0.298. The number of phenolic OH excluding ortho intramolecular Hbond substituents is 2. The van der Waals surface area contributed by atoms with E-state index < -0.39 is 5.97 Å². The molecule has 0 unspecified atom stereocenters. The van der Waals surface area contributed by atoms with E-state index in [0.29, 0.717) is 23.5 Å². The Labute approximate surface area is 140 Å². The largest absolute Gasteiger partial charge is 0.504 e. The van der Waals surface area contributed by atoms with Crippen LogP contribution in [-0.2, 0) is 11.2 Å². The Bertz CT molecular complexity index is 777. The van der Waals surface area contributed by atoms with Gasteiger partial charge in [-0.15, -0.1) is 6.58 Å². The van der Waals surface area contributed by atoms with E-state index in [4.69, 9.17) is 9.47 Å².